The van der Waals surface area contributed by atoms with E-state index in [0.717, 1.165) is 25.6 Å². The summed E-state index contributed by atoms with van der Waals surface area (Å²) in [5.41, 5.74) is -0.448. The fraction of sp³-hybridized carbons (Fsp3) is 0.571. The molecule has 0 amide bonds. The molecule has 0 bridgehead atoms. The molecule has 2 atom stereocenters. The Morgan fingerprint density at radius 3 is 2.78 bits per heavy atom. The molecule has 8 nitrogen and oxygen atoms in total. The standard InChI is InChI=1S/C14H19N3O5S/c1-22-12-2-3-14(13(6-12)17(18)19)23(20,21)16-5-4-10-7-15-8-11(10)9-16/h2-3,6,10-11,15H,4-5,7-9H2,1H3. The van der Waals surface area contributed by atoms with Gasteiger partial charge < -0.3 is 10.1 Å². The molecular formula is C14H19N3O5S. The van der Waals surface area contributed by atoms with E-state index < -0.39 is 20.6 Å². The molecule has 2 saturated heterocycles. The highest BCUT2D eigenvalue weighted by Crippen LogP contribution is 2.34. The van der Waals surface area contributed by atoms with Crippen molar-refractivity contribution in [1.82, 2.24) is 9.62 Å². The Hall–Kier alpha value is -1.71. The van der Waals surface area contributed by atoms with Crippen molar-refractivity contribution in [2.24, 2.45) is 11.8 Å². The number of nitro groups is 1. The van der Waals surface area contributed by atoms with E-state index in [9.17, 15) is 18.5 Å². The van der Waals surface area contributed by atoms with Crippen LogP contribution in [-0.4, -0.2) is 50.9 Å². The first-order valence-electron chi connectivity index (χ1n) is 7.47. The van der Waals surface area contributed by atoms with Gasteiger partial charge in [-0.05, 0) is 43.5 Å². The molecule has 0 saturated carbocycles. The second kappa shape index (κ2) is 6.06. The number of sulfonamides is 1. The van der Waals surface area contributed by atoms with Gasteiger partial charge in [0.2, 0.25) is 10.0 Å². The predicted molar refractivity (Wildman–Crippen MR) is 82.9 cm³/mol. The van der Waals surface area contributed by atoms with Gasteiger partial charge in [-0.15, -0.1) is 0 Å². The highest BCUT2D eigenvalue weighted by atomic mass is 32.2. The molecule has 3 rings (SSSR count). The maximum Gasteiger partial charge on any atom is 0.293 e. The molecule has 1 N–H and O–H groups in total. The first-order chi connectivity index (χ1) is 10.9. The van der Waals surface area contributed by atoms with Crippen molar-refractivity contribution in [2.45, 2.75) is 11.3 Å². The van der Waals surface area contributed by atoms with Gasteiger partial charge in [0.25, 0.3) is 5.69 Å². The highest BCUT2D eigenvalue weighted by Gasteiger charge is 2.40. The lowest BCUT2D eigenvalue weighted by Crippen LogP contribution is -2.43. The zero-order chi connectivity index (χ0) is 16.6. The van der Waals surface area contributed by atoms with Crippen molar-refractivity contribution in [3.05, 3.63) is 28.3 Å². The van der Waals surface area contributed by atoms with Crippen LogP contribution in [0.3, 0.4) is 0 Å². The first-order valence-corrected chi connectivity index (χ1v) is 8.91. The number of methoxy groups -OCH3 is 1. The zero-order valence-electron chi connectivity index (χ0n) is 12.8. The molecule has 9 heteroatoms. The van der Waals surface area contributed by atoms with Crippen LogP contribution in [0.1, 0.15) is 6.42 Å². The van der Waals surface area contributed by atoms with Gasteiger partial charge in [-0.1, -0.05) is 0 Å². The summed E-state index contributed by atoms with van der Waals surface area (Å²) in [6.45, 7) is 2.51. The summed E-state index contributed by atoms with van der Waals surface area (Å²) < 4.78 is 32.0. The summed E-state index contributed by atoms with van der Waals surface area (Å²) in [5, 5.41) is 14.5. The number of hydrogen-bond acceptors (Lipinski definition) is 6. The molecule has 0 aromatic heterocycles. The number of fused-ring (bicyclic) bond motifs is 1. The number of rotatable bonds is 4. The summed E-state index contributed by atoms with van der Waals surface area (Å²) in [6.07, 6.45) is 0.779. The van der Waals surface area contributed by atoms with Crippen LogP contribution in [-0.2, 0) is 10.0 Å². The van der Waals surface area contributed by atoms with Gasteiger partial charge >= 0.3 is 0 Å². The third-order valence-electron chi connectivity index (χ3n) is 4.65. The fourth-order valence-corrected chi connectivity index (χ4v) is 4.99. The van der Waals surface area contributed by atoms with Crippen LogP contribution in [0.2, 0.25) is 0 Å². The van der Waals surface area contributed by atoms with Crippen LogP contribution in [0.4, 0.5) is 5.69 Å². The average molecular weight is 341 g/mol. The molecule has 0 aliphatic carbocycles. The molecule has 2 unspecified atom stereocenters. The minimum Gasteiger partial charge on any atom is -0.497 e. The normalized spacial score (nSPS) is 25.1. The summed E-state index contributed by atoms with van der Waals surface area (Å²) in [5.74, 6) is 1.03. The van der Waals surface area contributed by atoms with Crippen molar-refractivity contribution in [1.29, 1.82) is 0 Å². The van der Waals surface area contributed by atoms with E-state index in [1.165, 1.54) is 23.5 Å². The largest absolute Gasteiger partial charge is 0.497 e. The minimum atomic E-state index is -3.89. The highest BCUT2D eigenvalue weighted by molar-refractivity contribution is 7.89. The number of nitrogens with one attached hydrogen (secondary N) is 1. The Bertz CT molecular complexity index is 721. The molecule has 0 spiro atoms. The van der Waals surface area contributed by atoms with E-state index in [2.05, 4.69) is 5.32 Å². The summed E-state index contributed by atoms with van der Waals surface area (Å²) in [4.78, 5) is 10.3. The fourth-order valence-electron chi connectivity index (χ4n) is 3.34. The van der Waals surface area contributed by atoms with Gasteiger partial charge in [0.05, 0.1) is 18.1 Å². The topological polar surface area (TPSA) is 102 Å². The Labute approximate surface area is 134 Å². The third kappa shape index (κ3) is 2.91. The zero-order valence-corrected chi connectivity index (χ0v) is 13.6. The second-order valence-electron chi connectivity index (χ2n) is 5.92. The average Bonchev–Trinajstić information content (AvgIpc) is 3.01. The van der Waals surface area contributed by atoms with E-state index in [4.69, 9.17) is 4.74 Å². The van der Waals surface area contributed by atoms with Crippen LogP contribution in [0, 0.1) is 22.0 Å². The first kappa shape index (κ1) is 16.2. The molecule has 126 valence electrons. The van der Waals surface area contributed by atoms with Crippen LogP contribution < -0.4 is 10.1 Å². The molecule has 2 heterocycles. The van der Waals surface area contributed by atoms with Gasteiger partial charge in [-0.3, -0.25) is 10.1 Å². The third-order valence-corrected chi connectivity index (χ3v) is 6.56. The van der Waals surface area contributed by atoms with Crippen LogP contribution in [0.25, 0.3) is 0 Å². The maximum absolute atomic E-state index is 12.9. The van der Waals surface area contributed by atoms with Crippen molar-refractivity contribution in [2.75, 3.05) is 33.3 Å². The van der Waals surface area contributed by atoms with Crippen molar-refractivity contribution >= 4 is 15.7 Å². The van der Waals surface area contributed by atoms with Crippen molar-refractivity contribution < 1.29 is 18.1 Å². The summed E-state index contributed by atoms with van der Waals surface area (Å²) in [6, 6.07) is 3.84. The Balaban J connectivity index is 1.95. The van der Waals surface area contributed by atoms with Gasteiger partial charge in [-0.2, -0.15) is 4.31 Å². The van der Waals surface area contributed by atoms with E-state index in [0.29, 0.717) is 19.0 Å². The smallest absolute Gasteiger partial charge is 0.293 e. The van der Waals surface area contributed by atoms with Gasteiger partial charge in [0.1, 0.15) is 5.75 Å². The molecule has 23 heavy (non-hydrogen) atoms. The molecule has 1 aromatic rings. The van der Waals surface area contributed by atoms with E-state index in [1.807, 2.05) is 0 Å². The molecule has 2 aliphatic heterocycles. The van der Waals surface area contributed by atoms with E-state index in [-0.39, 0.29) is 16.6 Å². The number of benzene rings is 1. The molecular weight excluding hydrogens is 322 g/mol. The number of hydrogen-bond donors (Lipinski definition) is 1. The summed E-state index contributed by atoms with van der Waals surface area (Å²) >= 11 is 0. The monoisotopic (exact) mass is 341 g/mol. The van der Waals surface area contributed by atoms with Gasteiger partial charge in [-0.25, -0.2) is 8.42 Å². The SMILES string of the molecule is COc1ccc(S(=O)(=O)N2CCC3CNCC3C2)c([N+](=O)[O-])c1. The maximum atomic E-state index is 12.9. The minimum absolute atomic E-state index is 0.259. The molecule has 0 radical (unpaired) electrons. The van der Waals surface area contributed by atoms with Gasteiger partial charge in [0.15, 0.2) is 4.90 Å². The Kier molecular flexibility index (Phi) is 4.26. The van der Waals surface area contributed by atoms with Crippen molar-refractivity contribution in [3.63, 3.8) is 0 Å². The van der Waals surface area contributed by atoms with Crippen LogP contribution in [0.5, 0.6) is 5.75 Å². The Morgan fingerprint density at radius 2 is 2.09 bits per heavy atom. The van der Waals surface area contributed by atoms with Gasteiger partial charge in [0, 0.05) is 13.1 Å². The molecule has 1 aromatic carbocycles. The Morgan fingerprint density at radius 1 is 1.35 bits per heavy atom. The lowest BCUT2D eigenvalue weighted by molar-refractivity contribution is -0.387. The number of nitrogens with zero attached hydrogens (tertiary/aromatic N) is 2. The summed E-state index contributed by atoms with van der Waals surface area (Å²) in [7, 11) is -2.51. The van der Waals surface area contributed by atoms with E-state index >= 15 is 0 Å². The lowest BCUT2D eigenvalue weighted by Gasteiger charge is -2.33. The van der Waals surface area contributed by atoms with Crippen molar-refractivity contribution in [3.8, 4) is 5.75 Å². The molecule has 2 fully saturated rings. The molecule has 2 aliphatic rings. The second-order valence-corrected chi connectivity index (χ2v) is 7.83. The number of nitro benzene ring substituents is 1. The predicted octanol–water partition coefficient (Wildman–Crippen LogP) is 0.833. The number of ether oxygens (including phenoxy) is 1. The van der Waals surface area contributed by atoms with Crippen LogP contribution >= 0.6 is 0 Å². The lowest BCUT2D eigenvalue weighted by atomic mass is 9.90. The number of piperidine rings is 1. The quantitative estimate of drug-likeness (QED) is 0.643. The van der Waals surface area contributed by atoms with E-state index in [1.54, 1.807) is 0 Å². The van der Waals surface area contributed by atoms with Crippen LogP contribution in [0.15, 0.2) is 23.1 Å².